The average Bonchev–Trinajstić information content (AvgIpc) is 3.14. The molecule has 1 atom stereocenters. The van der Waals surface area contributed by atoms with Gasteiger partial charge in [-0.25, -0.2) is 9.79 Å². The molecule has 0 spiro atoms. The van der Waals surface area contributed by atoms with E-state index in [-0.39, 0.29) is 22.3 Å². The van der Waals surface area contributed by atoms with E-state index < -0.39 is 33.9 Å². The lowest BCUT2D eigenvalue weighted by Crippen LogP contribution is -2.39. The highest BCUT2D eigenvalue weighted by molar-refractivity contribution is 9.10. The number of benzene rings is 2. The van der Waals surface area contributed by atoms with Crippen molar-refractivity contribution in [2.45, 2.75) is 19.9 Å². The SMILES string of the molecule is CCOC(=O)C1=C(C)N=c2s/c(=C\c3cc(Br)cc([N+](=O)[O-])c3O)c(=O)n2C1c1ccc(N(C)C)cc1. The number of hydrogen-bond acceptors (Lipinski definition) is 9. The fourth-order valence-electron chi connectivity index (χ4n) is 4.06. The van der Waals surface area contributed by atoms with Crippen molar-refractivity contribution in [3.63, 3.8) is 0 Å². The maximum atomic E-state index is 13.7. The zero-order valence-corrected chi connectivity index (χ0v) is 22.8. The van der Waals surface area contributed by atoms with Crippen LogP contribution in [0.1, 0.15) is 31.0 Å². The highest BCUT2D eigenvalue weighted by atomic mass is 79.9. The molecule has 0 saturated carbocycles. The number of nitrogens with zero attached hydrogens (tertiary/aromatic N) is 4. The number of aromatic hydroxyl groups is 1. The van der Waals surface area contributed by atoms with Crippen molar-refractivity contribution in [3.8, 4) is 5.75 Å². The molecule has 2 heterocycles. The molecule has 1 N–H and O–H groups in total. The number of nitro benzene ring substituents is 1. The Morgan fingerprint density at radius 1 is 1.32 bits per heavy atom. The number of allylic oxidation sites excluding steroid dienone is 1. The molecular weight excluding hydrogens is 564 g/mol. The number of nitro groups is 1. The van der Waals surface area contributed by atoms with Crippen molar-refractivity contribution in [2.75, 3.05) is 25.6 Å². The number of carbonyl (C=O) groups excluding carboxylic acids is 1. The van der Waals surface area contributed by atoms with E-state index in [0.29, 0.717) is 20.5 Å². The Labute approximate surface area is 223 Å². The molecule has 1 unspecified atom stereocenters. The summed E-state index contributed by atoms with van der Waals surface area (Å²) in [5, 5.41) is 21.8. The third-order valence-corrected chi connectivity index (χ3v) is 7.25. The molecule has 0 saturated heterocycles. The molecular formula is C25H23BrN4O6S. The minimum Gasteiger partial charge on any atom is -0.502 e. The van der Waals surface area contributed by atoms with Gasteiger partial charge in [0.15, 0.2) is 4.80 Å². The number of rotatable bonds is 6. The Morgan fingerprint density at radius 3 is 2.59 bits per heavy atom. The molecule has 10 nitrogen and oxygen atoms in total. The van der Waals surface area contributed by atoms with Crippen LogP contribution in [0.3, 0.4) is 0 Å². The van der Waals surface area contributed by atoms with Crippen molar-refractivity contribution >= 4 is 50.7 Å². The minimum atomic E-state index is -0.792. The van der Waals surface area contributed by atoms with E-state index in [9.17, 15) is 24.8 Å². The maximum absolute atomic E-state index is 13.7. The monoisotopic (exact) mass is 586 g/mol. The molecule has 192 valence electrons. The topological polar surface area (TPSA) is 127 Å². The van der Waals surface area contributed by atoms with Crippen molar-refractivity contribution in [3.05, 3.63) is 93.1 Å². The summed E-state index contributed by atoms with van der Waals surface area (Å²) in [7, 11) is 3.82. The van der Waals surface area contributed by atoms with Gasteiger partial charge in [-0.15, -0.1) is 0 Å². The molecule has 2 aromatic carbocycles. The largest absolute Gasteiger partial charge is 0.502 e. The van der Waals surface area contributed by atoms with Crippen LogP contribution in [0.15, 0.2) is 61.9 Å². The van der Waals surface area contributed by atoms with Gasteiger partial charge in [-0.2, -0.15) is 0 Å². The van der Waals surface area contributed by atoms with Gasteiger partial charge in [-0.05, 0) is 43.7 Å². The number of carbonyl (C=O) groups is 1. The summed E-state index contributed by atoms with van der Waals surface area (Å²) in [6.45, 7) is 3.55. The van der Waals surface area contributed by atoms with Crippen LogP contribution >= 0.6 is 27.3 Å². The number of aromatic nitrogens is 1. The van der Waals surface area contributed by atoms with E-state index in [1.165, 1.54) is 22.8 Å². The van der Waals surface area contributed by atoms with Crippen molar-refractivity contribution in [1.29, 1.82) is 0 Å². The van der Waals surface area contributed by atoms with E-state index in [2.05, 4.69) is 20.9 Å². The molecule has 37 heavy (non-hydrogen) atoms. The second-order valence-corrected chi connectivity index (χ2v) is 10.3. The number of ether oxygens (including phenoxy) is 1. The van der Waals surface area contributed by atoms with E-state index in [0.717, 1.165) is 17.0 Å². The number of phenolic OH excluding ortho intramolecular Hbond substituents is 1. The maximum Gasteiger partial charge on any atom is 0.338 e. The molecule has 1 aliphatic heterocycles. The van der Waals surface area contributed by atoms with Gasteiger partial charge in [0.2, 0.25) is 5.75 Å². The molecule has 4 rings (SSSR count). The summed E-state index contributed by atoms with van der Waals surface area (Å²) in [5.41, 5.74) is 1.46. The summed E-state index contributed by atoms with van der Waals surface area (Å²) in [4.78, 5) is 44.1. The van der Waals surface area contributed by atoms with E-state index >= 15 is 0 Å². The third kappa shape index (κ3) is 4.94. The molecule has 1 aliphatic rings. The van der Waals surface area contributed by atoms with Crippen LogP contribution in [0.25, 0.3) is 6.08 Å². The zero-order chi connectivity index (χ0) is 27.0. The number of phenols is 1. The summed E-state index contributed by atoms with van der Waals surface area (Å²) < 4.78 is 7.28. The number of anilines is 1. The number of esters is 1. The number of fused-ring (bicyclic) bond motifs is 1. The molecule has 0 aliphatic carbocycles. The Bertz CT molecular complexity index is 1620. The summed E-state index contributed by atoms with van der Waals surface area (Å²) in [6, 6.07) is 9.34. The first-order valence-electron chi connectivity index (χ1n) is 11.2. The van der Waals surface area contributed by atoms with Gasteiger partial charge in [0.25, 0.3) is 5.56 Å². The van der Waals surface area contributed by atoms with E-state index in [1.54, 1.807) is 13.8 Å². The fourth-order valence-corrected chi connectivity index (χ4v) is 5.56. The van der Waals surface area contributed by atoms with Crippen LogP contribution in [0.5, 0.6) is 5.75 Å². The van der Waals surface area contributed by atoms with Crippen molar-refractivity contribution in [2.24, 2.45) is 4.99 Å². The molecule has 0 radical (unpaired) electrons. The highest BCUT2D eigenvalue weighted by Gasteiger charge is 2.33. The van der Waals surface area contributed by atoms with Gasteiger partial charge in [-0.1, -0.05) is 39.4 Å². The Hall–Kier alpha value is -3.77. The Balaban J connectivity index is 1.97. The normalized spacial score (nSPS) is 15.3. The van der Waals surface area contributed by atoms with Gasteiger partial charge in [0.1, 0.15) is 0 Å². The van der Waals surface area contributed by atoms with Crippen LogP contribution < -0.4 is 19.8 Å². The van der Waals surface area contributed by atoms with Crippen LogP contribution in [0, 0.1) is 10.1 Å². The lowest BCUT2D eigenvalue weighted by molar-refractivity contribution is -0.385. The smallest absolute Gasteiger partial charge is 0.338 e. The number of thiazole rings is 1. The summed E-state index contributed by atoms with van der Waals surface area (Å²) in [5.74, 6) is -1.13. The van der Waals surface area contributed by atoms with Gasteiger partial charge in [-0.3, -0.25) is 19.5 Å². The van der Waals surface area contributed by atoms with Crippen LogP contribution in [-0.4, -0.2) is 41.3 Å². The first-order chi connectivity index (χ1) is 17.5. The van der Waals surface area contributed by atoms with Crippen LogP contribution in [-0.2, 0) is 9.53 Å². The molecule has 3 aromatic rings. The van der Waals surface area contributed by atoms with E-state index in [4.69, 9.17) is 4.74 Å². The average molecular weight is 587 g/mol. The zero-order valence-electron chi connectivity index (χ0n) is 20.4. The minimum absolute atomic E-state index is 0.0968. The number of hydrogen-bond donors (Lipinski definition) is 1. The highest BCUT2D eigenvalue weighted by Crippen LogP contribution is 2.34. The quantitative estimate of drug-likeness (QED) is 0.267. The first-order valence-corrected chi connectivity index (χ1v) is 12.8. The lowest BCUT2D eigenvalue weighted by atomic mass is 9.95. The predicted octanol–water partition coefficient (Wildman–Crippen LogP) is 3.24. The van der Waals surface area contributed by atoms with Gasteiger partial charge < -0.3 is 14.7 Å². The molecule has 0 amide bonds. The van der Waals surface area contributed by atoms with Crippen LogP contribution in [0.4, 0.5) is 11.4 Å². The Morgan fingerprint density at radius 2 is 2.00 bits per heavy atom. The van der Waals surface area contributed by atoms with Crippen molar-refractivity contribution < 1.29 is 19.6 Å². The third-order valence-electron chi connectivity index (χ3n) is 5.81. The number of halogens is 1. The predicted molar refractivity (Wildman–Crippen MR) is 144 cm³/mol. The lowest BCUT2D eigenvalue weighted by Gasteiger charge is -2.25. The molecule has 0 bridgehead atoms. The summed E-state index contributed by atoms with van der Waals surface area (Å²) >= 11 is 4.27. The second-order valence-electron chi connectivity index (χ2n) is 8.41. The van der Waals surface area contributed by atoms with Crippen LogP contribution in [0.2, 0.25) is 0 Å². The fraction of sp³-hybridized carbons (Fsp3) is 0.240. The standard InChI is InChI=1S/C25H23BrN4O6S/c1-5-36-24(33)20-13(2)27-25-29(21(20)14-6-8-17(9-7-14)28(3)4)23(32)19(37-25)11-15-10-16(26)12-18(22(15)31)30(34)35/h6-12,21,31H,5H2,1-4H3/b19-11-. The first kappa shape index (κ1) is 26.3. The summed E-state index contributed by atoms with van der Waals surface area (Å²) in [6.07, 6.45) is 1.38. The van der Waals surface area contributed by atoms with E-state index in [1.807, 2.05) is 43.3 Å². The molecule has 12 heteroatoms. The van der Waals surface area contributed by atoms with Gasteiger partial charge in [0.05, 0.1) is 33.4 Å². The Kier molecular flexibility index (Phi) is 7.32. The second kappa shape index (κ2) is 10.3. The molecule has 0 fully saturated rings. The van der Waals surface area contributed by atoms with Crippen molar-refractivity contribution in [1.82, 2.24) is 4.57 Å². The molecule has 1 aromatic heterocycles. The van der Waals surface area contributed by atoms with Gasteiger partial charge >= 0.3 is 11.7 Å². The van der Waals surface area contributed by atoms with Gasteiger partial charge in [0, 0.05) is 35.9 Å².